The van der Waals surface area contributed by atoms with Gasteiger partial charge in [-0.05, 0) is 33.1 Å². The van der Waals surface area contributed by atoms with Crippen LogP contribution in [0.4, 0.5) is 0 Å². The van der Waals surface area contributed by atoms with Gasteiger partial charge in [0.2, 0.25) is 0 Å². The molecule has 182 valence electrons. The Balaban J connectivity index is 1.37. The second-order valence-electron chi connectivity index (χ2n) is 8.92. The molecule has 2 unspecified atom stereocenters. The monoisotopic (exact) mass is 472 g/mol. The summed E-state index contributed by atoms with van der Waals surface area (Å²) < 4.78 is 17.4. The van der Waals surface area contributed by atoms with E-state index in [4.69, 9.17) is 9.47 Å². The van der Waals surface area contributed by atoms with E-state index in [-0.39, 0.29) is 19.2 Å². The lowest BCUT2D eigenvalue weighted by molar-refractivity contribution is -0.0405. The number of hydrogen-bond acceptors (Lipinski definition) is 9. The van der Waals surface area contributed by atoms with Gasteiger partial charge in [0.15, 0.2) is 6.23 Å². The average molecular weight is 473 g/mol. The quantitative estimate of drug-likeness (QED) is 0.520. The van der Waals surface area contributed by atoms with Crippen LogP contribution in [0.2, 0.25) is 0 Å². The molecule has 2 saturated heterocycles. The van der Waals surface area contributed by atoms with E-state index in [1.54, 1.807) is 28.7 Å². The summed E-state index contributed by atoms with van der Waals surface area (Å²) in [5, 5.41) is 26.7. The van der Waals surface area contributed by atoms with E-state index >= 15 is 0 Å². The molecule has 3 aromatic heterocycles. The van der Waals surface area contributed by atoms with Crippen molar-refractivity contribution < 1.29 is 14.6 Å². The lowest BCUT2D eigenvalue weighted by Crippen LogP contribution is -2.42. The number of aliphatic hydroxyl groups excluding tert-OH is 1. The van der Waals surface area contributed by atoms with E-state index in [9.17, 15) is 14.7 Å². The molecule has 3 aromatic rings. The number of rotatable bonds is 6. The summed E-state index contributed by atoms with van der Waals surface area (Å²) in [6.07, 6.45) is 5.82. The molecule has 0 aliphatic carbocycles. The van der Waals surface area contributed by atoms with Crippen LogP contribution in [0.5, 0.6) is 0 Å². The zero-order valence-electron chi connectivity index (χ0n) is 19.1. The summed E-state index contributed by atoms with van der Waals surface area (Å²) in [5.74, 6) is 0. The van der Waals surface area contributed by atoms with Crippen LogP contribution in [0.1, 0.15) is 55.1 Å². The molecule has 5 heterocycles. The fourth-order valence-corrected chi connectivity index (χ4v) is 4.44. The van der Waals surface area contributed by atoms with Crippen molar-refractivity contribution in [2.45, 2.75) is 77.3 Å². The fraction of sp³-hybridized carbons (Fsp3) is 0.619. The topological polar surface area (TPSA) is 144 Å². The van der Waals surface area contributed by atoms with Crippen LogP contribution >= 0.6 is 0 Å². The van der Waals surface area contributed by atoms with E-state index in [1.807, 2.05) is 6.92 Å². The third-order valence-corrected chi connectivity index (χ3v) is 6.23. The first kappa shape index (κ1) is 22.6. The van der Waals surface area contributed by atoms with Crippen molar-refractivity contribution in [3.8, 4) is 0 Å². The highest BCUT2D eigenvalue weighted by atomic mass is 16.5. The van der Waals surface area contributed by atoms with Gasteiger partial charge >= 0.3 is 5.69 Å². The largest absolute Gasteiger partial charge is 0.390 e. The minimum atomic E-state index is -0.794. The molecule has 2 fully saturated rings. The van der Waals surface area contributed by atoms with Crippen molar-refractivity contribution in [1.29, 1.82) is 0 Å². The van der Waals surface area contributed by atoms with E-state index < -0.39 is 29.7 Å². The molecule has 0 saturated carbocycles. The first-order chi connectivity index (χ1) is 16.4. The molecular weight excluding hydrogens is 444 g/mol. The van der Waals surface area contributed by atoms with Crippen LogP contribution in [0.3, 0.4) is 0 Å². The summed E-state index contributed by atoms with van der Waals surface area (Å²) >= 11 is 0. The maximum absolute atomic E-state index is 13.3. The molecule has 0 aromatic carbocycles. The summed E-state index contributed by atoms with van der Waals surface area (Å²) in [5.41, 5.74) is 0.690. The standard InChI is InChI=1S/C21H28N8O5/c1-13-8-27(19-7-16(30)17(34-19)12-26-9-14(2)22-24-26)21(32)28(20(13)31)10-15-11-29(25-23-15)18-5-3-4-6-33-18/h8-9,11,16-19,30H,3-7,10,12H2,1-2H3/t16?,17-,18?,19-/m1/s1. The Kier molecular flexibility index (Phi) is 6.15. The Morgan fingerprint density at radius 3 is 2.68 bits per heavy atom. The Morgan fingerprint density at radius 2 is 1.94 bits per heavy atom. The lowest BCUT2D eigenvalue weighted by atomic mass is 10.2. The normalized spacial score (nSPS) is 25.1. The predicted octanol–water partition coefficient (Wildman–Crippen LogP) is -0.0942. The molecule has 2 aliphatic heterocycles. The minimum Gasteiger partial charge on any atom is -0.390 e. The van der Waals surface area contributed by atoms with E-state index in [0.717, 1.165) is 29.5 Å². The number of nitrogens with zero attached hydrogens (tertiary/aromatic N) is 8. The van der Waals surface area contributed by atoms with Crippen molar-refractivity contribution in [2.24, 2.45) is 0 Å². The van der Waals surface area contributed by atoms with E-state index in [1.165, 1.54) is 10.8 Å². The van der Waals surface area contributed by atoms with Crippen LogP contribution < -0.4 is 11.2 Å². The van der Waals surface area contributed by atoms with Gasteiger partial charge in [-0.1, -0.05) is 10.4 Å². The molecule has 0 radical (unpaired) electrons. The number of hydrogen-bond donors (Lipinski definition) is 1. The number of aromatic nitrogens is 8. The Morgan fingerprint density at radius 1 is 1.09 bits per heavy atom. The Hall–Kier alpha value is -3.16. The molecule has 0 bridgehead atoms. The van der Waals surface area contributed by atoms with Crippen molar-refractivity contribution in [3.05, 3.63) is 56.4 Å². The summed E-state index contributed by atoms with van der Waals surface area (Å²) in [6.45, 7) is 4.42. The fourth-order valence-electron chi connectivity index (χ4n) is 4.44. The summed E-state index contributed by atoms with van der Waals surface area (Å²) in [4.78, 5) is 26.1. The van der Waals surface area contributed by atoms with Crippen molar-refractivity contribution >= 4 is 0 Å². The molecule has 13 heteroatoms. The molecule has 1 N–H and O–H groups in total. The molecule has 5 rings (SSSR count). The van der Waals surface area contributed by atoms with E-state index in [2.05, 4.69) is 20.6 Å². The van der Waals surface area contributed by atoms with Gasteiger partial charge in [-0.25, -0.2) is 14.2 Å². The molecule has 4 atom stereocenters. The molecule has 0 spiro atoms. The van der Waals surface area contributed by atoms with Crippen LogP contribution in [0.25, 0.3) is 0 Å². The number of aliphatic hydroxyl groups is 1. The minimum absolute atomic E-state index is 0.0248. The van der Waals surface area contributed by atoms with Crippen molar-refractivity contribution in [3.63, 3.8) is 0 Å². The van der Waals surface area contributed by atoms with Gasteiger partial charge in [-0.15, -0.1) is 10.2 Å². The number of aryl methyl sites for hydroxylation is 2. The summed E-state index contributed by atoms with van der Waals surface area (Å²) in [6, 6.07) is 0. The van der Waals surface area contributed by atoms with Gasteiger partial charge in [0, 0.05) is 31.0 Å². The van der Waals surface area contributed by atoms with Crippen LogP contribution in [-0.4, -0.2) is 63.0 Å². The van der Waals surface area contributed by atoms with Gasteiger partial charge < -0.3 is 14.6 Å². The lowest BCUT2D eigenvalue weighted by Gasteiger charge is -2.21. The highest BCUT2D eigenvalue weighted by Gasteiger charge is 2.36. The first-order valence-corrected chi connectivity index (χ1v) is 11.4. The maximum Gasteiger partial charge on any atom is 0.333 e. The molecule has 13 nitrogen and oxygen atoms in total. The molecule has 0 amide bonds. The Bertz CT molecular complexity index is 1270. The highest BCUT2D eigenvalue weighted by Crippen LogP contribution is 2.28. The van der Waals surface area contributed by atoms with Gasteiger partial charge in [-0.2, -0.15) is 0 Å². The second kappa shape index (κ2) is 9.24. The van der Waals surface area contributed by atoms with Crippen LogP contribution in [0, 0.1) is 13.8 Å². The van der Waals surface area contributed by atoms with Crippen LogP contribution in [-0.2, 0) is 22.6 Å². The third kappa shape index (κ3) is 4.45. The highest BCUT2D eigenvalue weighted by molar-refractivity contribution is 5.06. The van der Waals surface area contributed by atoms with Crippen LogP contribution in [0.15, 0.2) is 28.2 Å². The van der Waals surface area contributed by atoms with Gasteiger partial charge in [-0.3, -0.25) is 13.9 Å². The SMILES string of the molecule is Cc1cn(C[C@H]2O[C@@H](n3cc(C)c(=O)n(Cc4cn(C5CCCCO5)nn4)c3=O)CC2O)nn1. The van der Waals surface area contributed by atoms with Crippen molar-refractivity contribution in [2.75, 3.05) is 6.61 Å². The smallest absolute Gasteiger partial charge is 0.333 e. The predicted molar refractivity (Wildman–Crippen MR) is 117 cm³/mol. The van der Waals surface area contributed by atoms with Gasteiger partial charge in [0.1, 0.15) is 18.0 Å². The average Bonchev–Trinajstić information content (AvgIpc) is 3.55. The molecule has 2 aliphatic rings. The maximum atomic E-state index is 13.3. The van der Waals surface area contributed by atoms with Gasteiger partial charge in [0.25, 0.3) is 5.56 Å². The molecular formula is C21H28N8O5. The Labute approximate surface area is 194 Å². The number of ether oxygens (including phenoxy) is 2. The summed E-state index contributed by atoms with van der Waals surface area (Å²) in [7, 11) is 0. The zero-order chi connectivity index (χ0) is 23.8. The zero-order valence-corrected chi connectivity index (χ0v) is 19.1. The van der Waals surface area contributed by atoms with Crippen molar-refractivity contribution in [1.82, 2.24) is 39.1 Å². The first-order valence-electron chi connectivity index (χ1n) is 11.4. The van der Waals surface area contributed by atoms with E-state index in [0.29, 0.717) is 24.4 Å². The third-order valence-electron chi connectivity index (χ3n) is 6.23. The van der Waals surface area contributed by atoms with Gasteiger partial charge in [0.05, 0.1) is 31.1 Å². The second-order valence-corrected chi connectivity index (χ2v) is 8.92. The molecule has 34 heavy (non-hydrogen) atoms.